The average molecular weight is 331 g/mol. The third-order valence-corrected chi connectivity index (χ3v) is 4.07. The van der Waals surface area contributed by atoms with Crippen LogP contribution in [-0.2, 0) is 9.53 Å². The second-order valence-corrected chi connectivity index (χ2v) is 7.38. The number of carbonyl (C=O) groups is 2. The van der Waals surface area contributed by atoms with Gasteiger partial charge in [-0.2, -0.15) is 0 Å². The Bertz CT molecular complexity index is 722. The van der Waals surface area contributed by atoms with Crippen molar-refractivity contribution in [2.75, 3.05) is 0 Å². The minimum Gasteiger partial charge on any atom is -0.444 e. The summed E-state index contributed by atoms with van der Waals surface area (Å²) in [6.07, 6.45) is -0.586. The van der Waals surface area contributed by atoms with Gasteiger partial charge < -0.3 is 10.1 Å². The van der Waals surface area contributed by atoms with Crippen molar-refractivity contribution < 1.29 is 14.3 Å². The van der Waals surface area contributed by atoms with Crippen LogP contribution in [0.2, 0.25) is 0 Å². The highest BCUT2D eigenvalue weighted by Crippen LogP contribution is 2.25. The van der Waals surface area contributed by atoms with Crippen molar-refractivity contribution in [3.05, 3.63) is 42.5 Å². The first-order valence-corrected chi connectivity index (χ1v) is 8.26. The molecule has 0 bridgehead atoms. The minimum atomic E-state index is -0.624. The lowest BCUT2D eigenvalue weighted by Crippen LogP contribution is -2.40. The van der Waals surface area contributed by atoms with Crippen LogP contribution in [-0.4, -0.2) is 22.9 Å². The van der Waals surface area contributed by atoms with E-state index in [2.05, 4.69) is 5.32 Å². The molecule has 0 aliphatic heterocycles. The standard InChI is InChI=1S/C18H21NO3S/c1-12(19-17(21)22-18(2,3)4)16(20)23-15-10-9-13-7-5-6-8-14(13)11-15/h5-12H,1-4H3,(H,19,21)/t12-/m0/s1. The van der Waals surface area contributed by atoms with Gasteiger partial charge in [-0.05, 0) is 62.4 Å². The lowest BCUT2D eigenvalue weighted by atomic mass is 10.1. The Kier molecular flexibility index (Phi) is 5.31. The van der Waals surface area contributed by atoms with Crippen molar-refractivity contribution in [1.82, 2.24) is 5.32 Å². The van der Waals surface area contributed by atoms with Crippen molar-refractivity contribution in [3.8, 4) is 0 Å². The molecule has 0 unspecified atom stereocenters. The van der Waals surface area contributed by atoms with E-state index >= 15 is 0 Å². The quantitative estimate of drug-likeness (QED) is 0.849. The van der Waals surface area contributed by atoms with E-state index < -0.39 is 17.7 Å². The molecule has 0 aromatic heterocycles. The van der Waals surface area contributed by atoms with Crippen LogP contribution in [0.1, 0.15) is 27.7 Å². The number of benzene rings is 2. The Balaban J connectivity index is 1.98. The van der Waals surface area contributed by atoms with E-state index in [9.17, 15) is 9.59 Å². The molecule has 5 heteroatoms. The van der Waals surface area contributed by atoms with Crippen LogP contribution in [0.25, 0.3) is 10.8 Å². The highest BCUT2D eigenvalue weighted by molar-refractivity contribution is 8.13. The molecule has 1 atom stereocenters. The van der Waals surface area contributed by atoms with Gasteiger partial charge in [0.05, 0.1) is 6.04 Å². The van der Waals surface area contributed by atoms with Gasteiger partial charge in [-0.25, -0.2) is 4.79 Å². The van der Waals surface area contributed by atoms with E-state index in [0.717, 1.165) is 27.4 Å². The third kappa shape index (κ3) is 5.28. The zero-order valence-corrected chi connectivity index (χ0v) is 14.6. The monoisotopic (exact) mass is 331 g/mol. The second-order valence-electron chi connectivity index (χ2n) is 6.30. The maximum Gasteiger partial charge on any atom is 0.408 e. The van der Waals surface area contributed by atoms with Gasteiger partial charge in [-0.15, -0.1) is 0 Å². The fourth-order valence-corrected chi connectivity index (χ4v) is 2.77. The van der Waals surface area contributed by atoms with Crippen LogP contribution in [0, 0.1) is 0 Å². The summed E-state index contributed by atoms with van der Waals surface area (Å²) >= 11 is 1.12. The van der Waals surface area contributed by atoms with Crippen molar-refractivity contribution in [1.29, 1.82) is 0 Å². The largest absolute Gasteiger partial charge is 0.444 e. The molecule has 0 saturated heterocycles. The Morgan fingerprint density at radius 1 is 1.09 bits per heavy atom. The molecule has 1 amide bonds. The zero-order chi connectivity index (χ0) is 17.0. The molecular formula is C18H21NO3S. The molecule has 0 heterocycles. The number of hydrogen-bond acceptors (Lipinski definition) is 4. The van der Waals surface area contributed by atoms with Crippen LogP contribution in [0.4, 0.5) is 4.79 Å². The maximum absolute atomic E-state index is 12.2. The number of rotatable bonds is 3. The predicted molar refractivity (Wildman–Crippen MR) is 93.6 cm³/mol. The van der Waals surface area contributed by atoms with Gasteiger partial charge in [0.25, 0.3) is 0 Å². The molecule has 0 saturated carbocycles. The van der Waals surface area contributed by atoms with E-state index in [1.54, 1.807) is 27.7 Å². The van der Waals surface area contributed by atoms with Gasteiger partial charge in [-0.3, -0.25) is 4.79 Å². The van der Waals surface area contributed by atoms with Gasteiger partial charge in [0, 0.05) is 4.90 Å². The van der Waals surface area contributed by atoms with E-state index in [1.807, 2.05) is 42.5 Å². The van der Waals surface area contributed by atoms with E-state index in [1.165, 1.54) is 0 Å². The molecule has 122 valence electrons. The number of hydrogen-bond donors (Lipinski definition) is 1. The van der Waals surface area contributed by atoms with Crippen molar-refractivity contribution in [2.24, 2.45) is 0 Å². The summed E-state index contributed by atoms with van der Waals surface area (Å²) in [4.78, 5) is 24.8. The summed E-state index contributed by atoms with van der Waals surface area (Å²) in [5, 5.41) is 4.64. The molecule has 2 rings (SSSR count). The molecule has 0 spiro atoms. The fraction of sp³-hybridized carbons (Fsp3) is 0.333. The molecule has 0 aliphatic carbocycles. The summed E-state index contributed by atoms with van der Waals surface area (Å²) in [6, 6.07) is 13.2. The third-order valence-electron chi connectivity index (χ3n) is 3.03. The maximum atomic E-state index is 12.2. The summed E-state index contributed by atoms with van der Waals surface area (Å²) in [6.45, 7) is 7.00. The Hall–Kier alpha value is -2.01. The lowest BCUT2D eigenvalue weighted by Gasteiger charge is -2.21. The van der Waals surface area contributed by atoms with Crippen LogP contribution in [0.3, 0.4) is 0 Å². The van der Waals surface area contributed by atoms with Gasteiger partial charge in [0.2, 0.25) is 5.12 Å². The van der Waals surface area contributed by atoms with E-state index in [4.69, 9.17) is 4.74 Å². The van der Waals surface area contributed by atoms with Gasteiger partial charge in [0.15, 0.2) is 0 Å². The molecule has 0 radical (unpaired) electrons. The Labute approximate surface area is 140 Å². The lowest BCUT2D eigenvalue weighted by molar-refractivity contribution is -0.112. The normalized spacial score (nSPS) is 12.7. The Morgan fingerprint density at radius 3 is 2.39 bits per heavy atom. The van der Waals surface area contributed by atoms with Crippen molar-refractivity contribution in [2.45, 2.75) is 44.2 Å². The summed E-state index contributed by atoms with van der Waals surface area (Å²) in [5.41, 5.74) is -0.585. The topological polar surface area (TPSA) is 55.4 Å². The number of alkyl carbamates (subject to hydrolysis) is 1. The highest BCUT2D eigenvalue weighted by atomic mass is 32.2. The molecule has 23 heavy (non-hydrogen) atoms. The summed E-state index contributed by atoms with van der Waals surface area (Å²) in [7, 11) is 0. The molecule has 2 aromatic rings. The van der Waals surface area contributed by atoms with Crippen molar-refractivity contribution >= 4 is 33.7 Å². The predicted octanol–water partition coefficient (Wildman–Crippen LogP) is 4.37. The first-order chi connectivity index (χ1) is 10.7. The zero-order valence-electron chi connectivity index (χ0n) is 13.8. The van der Waals surface area contributed by atoms with E-state index in [-0.39, 0.29) is 5.12 Å². The number of amides is 1. The minimum absolute atomic E-state index is 0.133. The van der Waals surface area contributed by atoms with Gasteiger partial charge in [0.1, 0.15) is 5.60 Å². The second kappa shape index (κ2) is 7.04. The molecule has 0 fully saturated rings. The number of nitrogens with one attached hydrogen (secondary N) is 1. The van der Waals surface area contributed by atoms with Crippen LogP contribution >= 0.6 is 11.8 Å². The first-order valence-electron chi connectivity index (χ1n) is 7.44. The number of carbonyl (C=O) groups excluding carboxylic acids is 2. The molecular weight excluding hydrogens is 310 g/mol. The molecule has 4 nitrogen and oxygen atoms in total. The SMILES string of the molecule is C[C@H](NC(=O)OC(C)(C)C)C(=O)Sc1ccc2ccccc2c1. The number of ether oxygens (including phenoxy) is 1. The average Bonchev–Trinajstić information content (AvgIpc) is 2.45. The highest BCUT2D eigenvalue weighted by Gasteiger charge is 2.21. The fourth-order valence-electron chi connectivity index (χ4n) is 1.98. The van der Waals surface area contributed by atoms with Crippen molar-refractivity contribution in [3.63, 3.8) is 0 Å². The number of thioether (sulfide) groups is 1. The molecule has 0 aliphatic rings. The first kappa shape index (κ1) is 17.3. The Morgan fingerprint density at radius 2 is 1.74 bits per heavy atom. The van der Waals surface area contributed by atoms with Gasteiger partial charge >= 0.3 is 6.09 Å². The van der Waals surface area contributed by atoms with Crippen LogP contribution in [0.15, 0.2) is 47.4 Å². The number of fused-ring (bicyclic) bond motifs is 1. The van der Waals surface area contributed by atoms with Crippen LogP contribution in [0.5, 0.6) is 0 Å². The summed E-state index contributed by atoms with van der Waals surface area (Å²) < 4.78 is 5.15. The summed E-state index contributed by atoms with van der Waals surface area (Å²) in [5.74, 6) is 0. The van der Waals surface area contributed by atoms with Crippen LogP contribution < -0.4 is 5.32 Å². The van der Waals surface area contributed by atoms with Gasteiger partial charge in [-0.1, -0.05) is 30.3 Å². The van der Waals surface area contributed by atoms with E-state index in [0.29, 0.717) is 0 Å². The molecule has 1 N–H and O–H groups in total. The molecule has 2 aromatic carbocycles. The smallest absolute Gasteiger partial charge is 0.408 e.